The van der Waals surface area contributed by atoms with Gasteiger partial charge in [-0.1, -0.05) is 61.5 Å². The van der Waals surface area contributed by atoms with Crippen LogP contribution in [0.5, 0.6) is 0 Å². The Kier molecular flexibility index (Phi) is 9.26. The van der Waals surface area contributed by atoms with Crippen LogP contribution in [0.2, 0.25) is 0 Å². The van der Waals surface area contributed by atoms with E-state index in [1.54, 1.807) is 30.3 Å². The second kappa shape index (κ2) is 12.6. The summed E-state index contributed by atoms with van der Waals surface area (Å²) < 4.78 is 7.16. The molecule has 0 spiro atoms. The molecule has 0 unspecified atom stereocenters. The van der Waals surface area contributed by atoms with Gasteiger partial charge >= 0.3 is 5.97 Å². The average molecular weight is 465 g/mol. The third-order valence-electron chi connectivity index (χ3n) is 4.78. The monoisotopic (exact) mass is 464 g/mol. The summed E-state index contributed by atoms with van der Waals surface area (Å²) in [5, 5.41) is 12.1. The van der Waals surface area contributed by atoms with Crippen molar-refractivity contribution in [3.63, 3.8) is 0 Å². The Morgan fingerprint density at radius 3 is 2.58 bits per heavy atom. The van der Waals surface area contributed by atoms with Crippen LogP contribution in [-0.4, -0.2) is 39.0 Å². The maximum atomic E-state index is 12.4. The predicted molar refractivity (Wildman–Crippen MR) is 130 cm³/mol. The van der Waals surface area contributed by atoms with Crippen molar-refractivity contribution in [3.05, 3.63) is 84.2 Å². The number of esters is 1. The molecule has 0 aliphatic carbocycles. The van der Waals surface area contributed by atoms with E-state index in [1.165, 1.54) is 11.8 Å². The number of unbranched alkanes of at least 4 members (excludes halogenated alkanes) is 1. The highest BCUT2D eigenvalue weighted by atomic mass is 32.2. The zero-order valence-corrected chi connectivity index (χ0v) is 19.5. The van der Waals surface area contributed by atoms with E-state index in [9.17, 15) is 9.59 Å². The summed E-state index contributed by atoms with van der Waals surface area (Å²) in [6.45, 7) is 6.83. The lowest BCUT2D eigenvalue weighted by molar-refractivity contribution is -0.113. The second-order valence-corrected chi connectivity index (χ2v) is 8.31. The van der Waals surface area contributed by atoms with Crippen molar-refractivity contribution in [3.8, 4) is 0 Å². The molecule has 0 bridgehead atoms. The fourth-order valence-corrected chi connectivity index (χ4v) is 3.82. The minimum atomic E-state index is -0.357. The van der Waals surface area contributed by atoms with Gasteiger partial charge in [0.1, 0.15) is 5.82 Å². The molecule has 2 aromatic carbocycles. The first kappa shape index (κ1) is 24.3. The predicted octanol–water partition coefficient (Wildman–Crippen LogP) is 4.74. The van der Waals surface area contributed by atoms with E-state index < -0.39 is 0 Å². The number of benzene rings is 2. The van der Waals surface area contributed by atoms with Crippen molar-refractivity contribution in [1.82, 2.24) is 14.8 Å². The molecular weight excluding hydrogens is 436 g/mol. The number of allylic oxidation sites excluding steroid dienone is 1. The minimum Gasteiger partial charge on any atom is -0.462 e. The van der Waals surface area contributed by atoms with E-state index in [2.05, 4.69) is 22.1 Å². The average Bonchev–Trinajstić information content (AvgIpc) is 3.20. The van der Waals surface area contributed by atoms with Crippen LogP contribution in [0.25, 0.3) is 0 Å². The first-order valence-corrected chi connectivity index (χ1v) is 11.9. The van der Waals surface area contributed by atoms with Gasteiger partial charge in [-0.25, -0.2) is 4.79 Å². The Hall–Kier alpha value is -3.39. The number of carbonyl (C=O) groups excluding carboxylic acids is 2. The SMILES string of the molecule is C=CCn1c(Cc2ccccc2)nnc1SCC(=O)Nc1ccc(C(=O)OCCCC)cc1. The topological polar surface area (TPSA) is 86.1 Å². The summed E-state index contributed by atoms with van der Waals surface area (Å²) in [7, 11) is 0. The van der Waals surface area contributed by atoms with E-state index in [4.69, 9.17) is 4.74 Å². The molecule has 0 saturated heterocycles. The fraction of sp³-hybridized carbons (Fsp3) is 0.280. The molecule has 7 nitrogen and oxygen atoms in total. The Balaban J connectivity index is 1.55. The van der Waals surface area contributed by atoms with E-state index >= 15 is 0 Å². The maximum absolute atomic E-state index is 12.4. The van der Waals surface area contributed by atoms with Gasteiger partial charge in [0, 0.05) is 18.7 Å². The summed E-state index contributed by atoms with van der Waals surface area (Å²) in [5.41, 5.74) is 2.21. The maximum Gasteiger partial charge on any atom is 0.338 e. The molecule has 0 radical (unpaired) electrons. The third-order valence-corrected chi connectivity index (χ3v) is 5.74. The van der Waals surface area contributed by atoms with Gasteiger partial charge in [-0.3, -0.25) is 4.79 Å². The molecule has 0 atom stereocenters. The van der Waals surface area contributed by atoms with E-state index in [-0.39, 0.29) is 17.6 Å². The van der Waals surface area contributed by atoms with Gasteiger partial charge in [0.05, 0.1) is 17.9 Å². The normalized spacial score (nSPS) is 10.6. The molecule has 0 aliphatic rings. The van der Waals surface area contributed by atoms with Crippen LogP contribution in [0.4, 0.5) is 5.69 Å². The van der Waals surface area contributed by atoms with Gasteiger partial charge in [-0.15, -0.1) is 16.8 Å². The van der Waals surface area contributed by atoms with Crippen molar-refractivity contribution in [1.29, 1.82) is 0 Å². The van der Waals surface area contributed by atoms with Gasteiger partial charge in [0.25, 0.3) is 0 Å². The molecule has 1 N–H and O–H groups in total. The Labute approximate surface area is 198 Å². The van der Waals surface area contributed by atoms with Crippen LogP contribution >= 0.6 is 11.8 Å². The zero-order valence-electron chi connectivity index (χ0n) is 18.7. The Morgan fingerprint density at radius 1 is 1.12 bits per heavy atom. The zero-order chi connectivity index (χ0) is 23.5. The van der Waals surface area contributed by atoms with Crippen LogP contribution in [0.3, 0.4) is 0 Å². The van der Waals surface area contributed by atoms with E-state index in [1.807, 2.05) is 41.8 Å². The van der Waals surface area contributed by atoms with Gasteiger partial charge < -0.3 is 14.6 Å². The molecule has 172 valence electrons. The minimum absolute atomic E-state index is 0.170. The van der Waals surface area contributed by atoms with Crippen LogP contribution in [0.15, 0.2) is 72.4 Å². The smallest absolute Gasteiger partial charge is 0.338 e. The summed E-state index contributed by atoms with van der Waals surface area (Å²) in [6.07, 6.45) is 4.25. The lowest BCUT2D eigenvalue weighted by Gasteiger charge is -2.09. The molecule has 1 aromatic heterocycles. The van der Waals surface area contributed by atoms with Crippen molar-refractivity contribution < 1.29 is 14.3 Å². The molecule has 1 amide bonds. The molecule has 8 heteroatoms. The Morgan fingerprint density at radius 2 is 1.88 bits per heavy atom. The quantitative estimate of drug-likeness (QED) is 0.180. The molecule has 1 heterocycles. The van der Waals surface area contributed by atoms with Gasteiger partial charge in [0.2, 0.25) is 5.91 Å². The number of nitrogens with one attached hydrogen (secondary N) is 1. The second-order valence-electron chi connectivity index (χ2n) is 7.36. The van der Waals surface area contributed by atoms with Crippen LogP contribution < -0.4 is 5.32 Å². The first-order chi connectivity index (χ1) is 16.1. The molecule has 0 aliphatic heterocycles. The van der Waals surface area contributed by atoms with Crippen LogP contribution in [0, 0.1) is 0 Å². The number of hydrogen-bond donors (Lipinski definition) is 1. The first-order valence-electron chi connectivity index (χ1n) is 10.9. The largest absolute Gasteiger partial charge is 0.462 e. The molecule has 33 heavy (non-hydrogen) atoms. The summed E-state index contributed by atoms with van der Waals surface area (Å²) in [4.78, 5) is 24.4. The van der Waals surface area contributed by atoms with Crippen LogP contribution in [-0.2, 0) is 22.5 Å². The van der Waals surface area contributed by atoms with Gasteiger partial charge in [-0.05, 0) is 36.2 Å². The number of nitrogens with zero attached hydrogens (tertiary/aromatic N) is 3. The number of rotatable bonds is 12. The number of hydrogen-bond acceptors (Lipinski definition) is 6. The number of aromatic nitrogens is 3. The van der Waals surface area contributed by atoms with Gasteiger partial charge in [-0.2, -0.15) is 0 Å². The lowest BCUT2D eigenvalue weighted by Crippen LogP contribution is -2.15. The number of carbonyl (C=O) groups is 2. The molecule has 0 saturated carbocycles. The molecule has 0 fully saturated rings. The fourth-order valence-electron chi connectivity index (χ4n) is 3.06. The van der Waals surface area contributed by atoms with E-state index in [0.29, 0.717) is 36.0 Å². The number of thioether (sulfide) groups is 1. The number of anilines is 1. The molecular formula is C25H28N4O3S. The summed E-state index contributed by atoms with van der Waals surface area (Å²) in [6, 6.07) is 16.7. The summed E-state index contributed by atoms with van der Waals surface area (Å²) >= 11 is 1.32. The standard InChI is InChI=1S/C25H28N4O3S/c1-3-5-16-32-24(31)20-11-13-21(14-12-20)26-23(30)18-33-25-28-27-22(29(25)15-4-2)17-19-9-7-6-8-10-19/h4,6-14H,2-3,5,15-18H2,1H3,(H,26,30). The lowest BCUT2D eigenvalue weighted by atomic mass is 10.1. The van der Waals surface area contributed by atoms with Crippen LogP contribution in [0.1, 0.15) is 41.5 Å². The molecule has 3 aromatic rings. The van der Waals surface area contributed by atoms with Crippen molar-refractivity contribution in [2.75, 3.05) is 17.7 Å². The highest BCUT2D eigenvalue weighted by Crippen LogP contribution is 2.20. The van der Waals surface area contributed by atoms with Crippen molar-refractivity contribution >= 4 is 29.3 Å². The highest BCUT2D eigenvalue weighted by Gasteiger charge is 2.14. The van der Waals surface area contributed by atoms with Gasteiger partial charge in [0.15, 0.2) is 5.16 Å². The highest BCUT2D eigenvalue weighted by molar-refractivity contribution is 7.99. The van der Waals surface area contributed by atoms with Crippen molar-refractivity contribution in [2.45, 2.75) is 37.9 Å². The van der Waals surface area contributed by atoms with E-state index in [0.717, 1.165) is 24.2 Å². The van der Waals surface area contributed by atoms with Crippen molar-refractivity contribution in [2.24, 2.45) is 0 Å². The molecule has 3 rings (SSSR count). The third kappa shape index (κ3) is 7.32. The number of amides is 1. The number of ether oxygens (including phenoxy) is 1. The Bertz CT molecular complexity index is 1070. The summed E-state index contributed by atoms with van der Waals surface area (Å²) in [5.74, 6) is 0.479.